The molecule has 4 atom stereocenters. The lowest BCUT2D eigenvalue weighted by molar-refractivity contribution is -0.212. The van der Waals surface area contributed by atoms with E-state index >= 15 is 0 Å². The van der Waals surface area contributed by atoms with Crippen LogP contribution in [0.15, 0.2) is 17.1 Å². The van der Waals surface area contributed by atoms with E-state index in [-0.39, 0.29) is 12.4 Å². The van der Waals surface area contributed by atoms with Crippen LogP contribution in [0.1, 0.15) is 6.23 Å². The molecule has 1 aliphatic heterocycles. The van der Waals surface area contributed by atoms with Gasteiger partial charge in [-0.05, 0) is 6.07 Å². The predicted octanol–water partition coefficient (Wildman–Crippen LogP) is -2.56. The first kappa shape index (κ1) is 12.0. The lowest BCUT2D eigenvalue weighted by atomic mass is 10.0. The normalized spacial score (nSPS) is 33.6. The van der Waals surface area contributed by atoms with Crippen LogP contribution in [0.3, 0.4) is 0 Å². The van der Waals surface area contributed by atoms with Gasteiger partial charge in [-0.2, -0.15) is 4.98 Å². The fourth-order valence-corrected chi connectivity index (χ4v) is 1.66. The Hall–Kier alpha value is -1.48. The molecule has 2 rings (SSSR count). The average Bonchev–Trinajstić information content (AvgIpc) is 2.28. The second kappa shape index (κ2) is 4.41. The number of nitrogens with zero attached hydrogens (tertiary/aromatic N) is 2. The second-order valence-electron chi connectivity index (χ2n) is 3.81. The summed E-state index contributed by atoms with van der Waals surface area (Å²) >= 11 is 0. The first-order valence-corrected chi connectivity index (χ1v) is 5.01. The smallest absolute Gasteiger partial charge is 0.351 e. The Labute approximate surface area is 95.9 Å². The Bertz CT molecular complexity index is 462. The second-order valence-corrected chi connectivity index (χ2v) is 3.81. The number of anilines is 1. The topological polar surface area (TPSA) is 131 Å². The van der Waals surface area contributed by atoms with Crippen LogP contribution in [0.5, 0.6) is 0 Å². The summed E-state index contributed by atoms with van der Waals surface area (Å²) in [5.74, 6) is 0.0529. The number of aliphatic hydroxyl groups excluding tert-OH is 3. The van der Waals surface area contributed by atoms with Crippen LogP contribution in [0, 0.1) is 0 Å². The van der Waals surface area contributed by atoms with E-state index in [0.29, 0.717) is 0 Å². The van der Waals surface area contributed by atoms with Gasteiger partial charge in [-0.3, -0.25) is 4.57 Å². The van der Waals surface area contributed by atoms with E-state index in [1.807, 2.05) is 0 Å². The molecule has 0 bridgehead atoms. The largest absolute Gasteiger partial charge is 0.388 e. The molecule has 2 heterocycles. The van der Waals surface area contributed by atoms with E-state index in [0.717, 1.165) is 4.57 Å². The van der Waals surface area contributed by atoms with Gasteiger partial charge in [0.1, 0.15) is 24.1 Å². The van der Waals surface area contributed by atoms with Crippen LogP contribution >= 0.6 is 0 Å². The minimum absolute atomic E-state index is 0.0529. The molecule has 1 fully saturated rings. The number of hydrogen-bond donors (Lipinski definition) is 4. The summed E-state index contributed by atoms with van der Waals surface area (Å²) in [5.41, 5.74) is 4.63. The van der Waals surface area contributed by atoms with E-state index < -0.39 is 30.2 Å². The third-order valence-corrected chi connectivity index (χ3v) is 2.60. The Morgan fingerprint density at radius 2 is 2.12 bits per heavy atom. The molecule has 0 radical (unpaired) electrons. The molecule has 0 saturated carbocycles. The van der Waals surface area contributed by atoms with Crippen molar-refractivity contribution in [1.82, 2.24) is 9.55 Å². The standard InChI is InChI=1S/C9H13N3O5/c10-5-1-2-12(9(16)11-5)8-7(15)6(14)4(13)3-17-8/h1-2,4,6-8,13-15H,3H2,(H2,10,11,16)/t4-,6-,7-,8-/m1/s1. The Morgan fingerprint density at radius 3 is 2.76 bits per heavy atom. The summed E-state index contributed by atoms with van der Waals surface area (Å²) in [7, 11) is 0. The van der Waals surface area contributed by atoms with Crippen molar-refractivity contribution in [3.63, 3.8) is 0 Å². The first-order chi connectivity index (χ1) is 8.00. The van der Waals surface area contributed by atoms with Gasteiger partial charge in [-0.15, -0.1) is 0 Å². The number of nitrogens with two attached hydrogens (primary N) is 1. The number of aromatic nitrogens is 2. The minimum Gasteiger partial charge on any atom is -0.388 e. The van der Waals surface area contributed by atoms with E-state index in [1.54, 1.807) is 0 Å². The van der Waals surface area contributed by atoms with E-state index in [9.17, 15) is 20.1 Å². The maximum absolute atomic E-state index is 11.5. The molecule has 0 spiro atoms. The fourth-order valence-electron chi connectivity index (χ4n) is 1.66. The molecule has 1 aliphatic rings. The van der Waals surface area contributed by atoms with Gasteiger partial charge < -0.3 is 25.8 Å². The number of ether oxygens (including phenoxy) is 1. The zero-order chi connectivity index (χ0) is 12.6. The highest BCUT2D eigenvalue weighted by atomic mass is 16.5. The van der Waals surface area contributed by atoms with Crippen LogP contribution in [0.25, 0.3) is 0 Å². The lowest BCUT2D eigenvalue weighted by Gasteiger charge is -2.35. The van der Waals surface area contributed by atoms with Gasteiger partial charge in [0.25, 0.3) is 0 Å². The quantitative estimate of drug-likeness (QED) is 0.426. The summed E-state index contributed by atoms with van der Waals surface area (Å²) in [4.78, 5) is 15.0. The summed E-state index contributed by atoms with van der Waals surface area (Å²) in [5, 5.41) is 28.5. The highest BCUT2D eigenvalue weighted by molar-refractivity contribution is 5.23. The predicted molar refractivity (Wildman–Crippen MR) is 55.9 cm³/mol. The third kappa shape index (κ3) is 2.15. The van der Waals surface area contributed by atoms with Gasteiger partial charge in [0.05, 0.1) is 6.61 Å². The van der Waals surface area contributed by atoms with E-state index in [2.05, 4.69) is 4.98 Å². The highest BCUT2D eigenvalue weighted by Gasteiger charge is 2.38. The molecule has 0 aliphatic carbocycles. The lowest BCUT2D eigenvalue weighted by Crippen LogP contribution is -2.52. The maximum atomic E-state index is 11.5. The minimum atomic E-state index is -1.41. The zero-order valence-corrected chi connectivity index (χ0v) is 8.80. The molecule has 1 aromatic heterocycles. The fraction of sp³-hybridized carbons (Fsp3) is 0.556. The van der Waals surface area contributed by atoms with Gasteiger partial charge in [0.2, 0.25) is 0 Å². The van der Waals surface area contributed by atoms with Crippen LogP contribution < -0.4 is 11.4 Å². The number of nitrogen functional groups attached to an aromatic ring is 1. The molecule has 17 heavy (non-hydrogen) atoms. The maximum Gasteiger partial charge on any atom is 0.351 e. The SMILES string of the molecule is Nc1ccn([C@@H]2OC[C@@H](O)[C@@H](O)[C@H]2O)c(=O)n1. The molecule has 94 valence electrons. The first-order valence-electron chi connectivity index (χ1n) is 5.01. The highest BCUT2D eigenvalue weighted by Crippen LogP contribution is 2.22. The van der Waals surface area contributed by atoms with Crippen LogP contribution in [-0.4, -0.2) is 49.8 Å². The van der Waals surface area contributed by atoms with Crippen molar-refractivity contribution in [2.45, 2.75) is 24.5 Å². The van der Waals surface area contributed by atoms with E-state index in [1.165, 1.54) is 12.3 Å². The summed E-state index contributed by atoms with van der Waals surface area (Å²) in [6.45, 7) is -0.181. The Balaban J connectivity index is 2.31. The third-order valence-electron chi connectivity index (χ3n) is 2.60. The van der Waals surface area contributed by atoms with Crippen molar-refractivity contribution in [3.05, 3.63) is 22.7 Å². The monoisotopic (exact) mass is 243 g/mol. The zero-order valence-electron chi connectivity index (χ0n) is 8.80. The van der Waals surface area contributed by atoms with Crippen LogP contribution in [0.4, 0.5) is 5.82 Å². The molecule has 8 heteroatoms. The molecule has 8 nitrogen and oxygen atoms in total. The van der Waals surface area contributed by atoms with Crippen LogP contribution in [-0.2, 0) is 4.74 Å². The molecule has 5 N–H and O–H groups in total. The van der Waals surface area contributed by atoms with Crippen LogP contribution in [0.2, 0.25) is 0 Å². The van der Waals surface area contributed by atoms with Gasteiger partial charge in [0.15, 0.2) is 6.23 Å². The van der Waals surface area contributed by atoms with Gasteiger partial charge in [-0.1, -0.05) is 0 Å². The number of rotatable bonds is 1. The Morgan fingerprint density at radius 1 is 1.41 bits per heavy atom. The van der Waals surface area contributed by atoms with Gasteiger partial charge in [-0.25, -0.2) is 4.79 Å². The molecule has 0 amide bonds. The van der Waals surface area contributed by atoms with Crippen molar-refractivity contribution >= 4 is 5.82 Å². The van der Waals surface area contributed by atoms with Crippen molar-refractivity contribution in [3.8, 4) is 0 Å². The Kier molecular flexibility index (Phi) is 3.11. The number of aliphatic hydroxyl groups is 3. The molecule has 1 aromatic rings. The molecule has 0 aromatic carbocycles. The molecule has 0 unspecified atom stereocenters. The summed E-state index contributed by atoms with van der Waals surface area (Å²) in [6, 6.07) is 1.37. The van der Waals surface area contributed by atoms with Gasteiger partial charge >= 0.3 is 5.69 Å². The molecular weight excluding hydrogens is 230 g/mol. The van der Waals surface area contributed by atoms with Crippen molar-refractivity contribution < 1.29 is 20.1 Å². The van der Waals surface area contributed by atoms with E-state index in [4.69, 9.17) is 10.5 Å². The number of hydrogen-bond acceptors (Lipinski definition) is 7. The van der Waals surface area contributed by atoms with Crippen molar-refractivity contribution in [1.29, 1.82) is 0 Å². The van der Waals surface area contributed by atoms with Gasteiger partial charge in [0, 0.05) is 6.20 Å². The summed E-state index contributed by atoms with van der Waals surface area (Å²) < 4.78 is 6.11. The van der Waals surface area contributed by atoms with Crippen molar-refractivity contribution in [2.75, 3.05) is 12.3 Å². The molecule has 1 saturated heterocycles. The summed E-state index contributed by atoms with van der Waals surface area (Å²) in [6.07, 6.45) is -3.75. The average molecular weight is 243 g/mol. The molecular formula is C9H13N3O5. The van der Waals surface area contributed by atoms with Crippen molar-refractivity contribution in [2.24, 2.45) is 0 Å².